The minimum Gasteiger partial charge on any atom is -0.497 e. The largest absolute Gasteiger partial charge is 0.497 e. The topological polar surface area (TPSA) is 94.0 Å². The first-order valence-corrected chi connectivity index (χ1v) is 11.6. The van der Waals surface area contributed by atoms with Crippen molar-refractivity contribution in [1.82, 2.24) is 15.2 Å². The fourth-order valence-electron chi connectivity index (χ4n) is 3.07. The van der Waals surface area contributed by atoms with Crippen molar-refractivity contribution < 1.29 is 18.4 Å². The molecule has 8 nitrogen and oxygen atoms in total. The molecular weight excluding hydrogens is 424 g/mol. The highest BCUT2D eigenvalue weighted by Gasteiger charge is 2.35. The highest BCUT2D eigenvalue weighted by molar-refractivity contribution is 7.99. The predicted octanol–water partition coefficient (Wildman–Crippen LogP) is 4.00. The molecule has 0 unspecified atom stereocenters. The van der Waals surface area contributed by atoms with Crippen LogP contribution in [0, 0.1) is 0 Å². The van der Waals surface area contributed by atoms with Crippen molar-refractivity contribution in [1.29, 1.82) is 0 Å². The minimum atomic E-state index is -0.292. The molecule has 2 aromatic heterocycles. The zero-order chi connectivity index (χ0) is 20.9. The van der Waals surface area contributed by atoms with Gasteiger partial charge < -0.3 is 13.6 Å². The summed E-state index contributed by atoms with van der Waals surface area (Å²) in [6.45, 7) is 0. The van der Waals surface area contributed by atoms with Gasteiger partial charge in [-0.1, -0.05) is 11.8 Å². The second-order valence-corrected chi connectivity index (χ2v) is 8.22. The third-order valence-corrected chi connectivity index (χ3v) is 5.83. The van der Waals surface area contributed by atoms with Crippen LogP contribution in [-0.2, 0) is 10.5 Å². The lowest BCUT2D eigenvalue weighted by Gasteiger charge is -2.19. The van der Waals surface area contributed by atoms with Gasteiger partial charge in [0.1, 0.15) is 17.6 Å². The number of thioether (sulfide) groups is 2. The minimum absolute atomic E-state index is 0.136. The van der Waals surface area contributed by atoms with Crippen molar-refractivity contribution in [2.75, 3.05) is 19.1 Å². The summed E-state index contributed by atoms with van der Waals surface area (Å²) in [6, 6.07) is 11.0. The number of benzene rings is 1. The van der Waals surface area contributed by atoms with Crippen LogP contribution in [0.5, 0.6) is 5.75 Å². The third kappa shape index (κ3) is 4.54. The van der Waals surface area contributed by atoms with Gasteiger partial charge in [-0.05, 0) is 48.2 Å². The van der Waals surface area contributed by atoms with Crippen molar-refractivity contribution in [3.63, 3.8) is 0 Å². The molecule has 3 aromatic rings. The number of carbonyl (C=O) groups is 1. The Morgan fingerprint density at radius 1 is 1.27 bits per heavy atom. The highest BCUT2D eigenvalue weighted by Crippen LogP contribution is 2.34. The van der Waals surface area contributed by atoms with Crippen molar-refractivity contribution >= 4 is 35.1 Å². The quantitative estimate of drug-likeness (QED) is 0.481. The SMILES string of the molecule is COc1ccc(C2=NN(C(=O)CSc3nnc(CSC)o3)[C@@H](c3ccco3)C2)cc1. The summed E-state index contributed by atoms with van der Waals surface area (Å²) >= 11 is 2.80. The molecule has 1 atom stereocenters. The number of carbonyl (C=O) groups excluding carboxylic acids is 1. The molecular formula is C20H20N4O4S2. The summed E-state index contributed by atoms with van der Waals surface area (Å²) in [5, 5.41) is 14.4. The molecule has 1 aromatic carbocycles. The van der Waals surface area contributed by atoms with Gasteiger partial charge in [0.05, 0.1) is 30.6 Å². The van der Waals surface area contributed by atoms with Gasteiger partial charge in [-0.3, -0.25) is 4.79 Å². The Morgan fingerprint density at radius 2 is 2.10 bits per heavy atom. The number of aromatic nitrogens is 2. The Hall–Kier alpha value is -2.72. The Morgan fingerprint density at radius 3 is 2.80 bits per heavy atom. The summed E-state index contributed by atoms with van der Waals surface area (Å²) in [7, 11) is 1.63. The number of hydrogen-bond acceptors (Lipinski definition) is 9. The number of rotatable bonds is 8. The van der Waals surface area contributed by atoms with Crippen molar-refractivity contribution in [2.24, 2.45) is 5.10 Å². The van der Waals surface area contributed by atoms with E-state index in [0.29, 0.717) is 29.0 Å². The Labute approximate surface area is 182 Å². The lowest BCUT2D eigenvalue weighted by Crippen LogP contribution is -2.28. The third-order valence-electron chi connectivity index (χ3n) is 4.50. The fraction of sp³-hybridized carbons (Fsp3) is 0.300. The van der Waals surface area contributed by atoms with Gasteiger partial charge >= 0.3 is 0 Å². The fourth-order valence-corrected chi connectivity index (χ4v) is 4.07. The Bertz CT molecular complexity index is 1020. The van der Waals surface area contributed by atoms with Crippen LogP contribution >= 0.6 is 23.5 Å². The van der Waals surface area contributed by atoms with Crippen LogP contribution in [-0.4, -0.2) is 45.9 Å². The smallest absolute Gasteiger partial charge is 0.277 e. The second-order valence-electron chi connectivity index (χ2n) is 6.43. The van der Waals surface area contributed by atoms with Crippen molar-refractivity contribution in [3.8, 4) is 5.75 Å². The van der Waals surface area contributed by atoms with E-state index >= 15 is 0 Å². The highest BCUT2D eigenvalue weighted by atomic mass is 32.2. The number of furan rings is 1. The van der Waals surface area contributed by atoms with Crippen LogP contribution in [0.4, 0.5) is 0 Å². The zero-order valence-corrected chi connectivity index (χ0v) is 18.1. The standard InChI is InChI=1S/C20H20N4O4S2/c1-26-14-7-5-13(6-8-14)15-10-16(17-4-3-9-27-17)24(23-15)19(25)12-30-20-22-21-18(28-20)11-29-2/h3-9,16H,10-12H2,1-2H3/t16-/m1/s1. The van der Waals surface area contributed by atoms with E-state index in [4.69, 9.17) is 13.6 Å². The molecule has 0 saturated heterocycles. The maximum atomic E-state index is 13.0. The van der Waals surface area contributed by atoms with Crippen LogP contribution in [0.15, 0.2) is 61.8 Å². The second kappa shape index (κ2) is 9.40. The van der Waals surface area contributed by atoms with E-state index in [1.807, 2.05) is 42.7 Å². The molecule has 0 radical (unpaired) electrons. The number of hydrazone groups is 1. The number of amides is 1. The Kier molecular flexibility index (Phi) is 6.44. The number of hydrogen-bond donors (Lipinski definition) is 0. The number of nitrogens with zero attached hydrogens (tertiary/aromatic N) is 4. The van der Waals surface area contributed by atoms with Gasteiger partial charge in [0.2, 0.25) is 5.89 Å². The Balaban J connectivity index is 1.50. The van der Waals surface area contributed by atoms with Crippen molar-refractivity contribution in [2.45, 2.75) is 23.4 Å². The first kappa shape index (κ1) is 20.5. The number of methoxy groups -OCH3 is 1. The predicted molar refractivity (Wildman–Crippen MR) is 115 cm³/mol. The zero-order valence-electron chi connectivity index (χ0n) is 16.5. The van der Waals surface area contributed by atoms with Crippen molar-refractivity contribution in [3.05, 3.63) is 59.9 Å². The first-order chi connectivity index (χ1) is 14.7. The van der Waals surface area contributed by atoms with Crippen LogP contribution in [0.1, 0.15) is 29.7 Å². The van der Waals surface area contributed by atoms with Crippen LogP contribution in [0.3, 0.4) is 0 Å². The average molecular weight is 445 g/mol. The molecule has 1 aliphatic rings. The molecule has 1 aliphatic heterocycles. The molecule has 30 heavy (non-hydrogen) atoms. The maximum absolute atomic E-state index is 13.0. The van der Waals surface area contributed by atoms with Crippen LogP contribution in [0.2, 0.25) is 0 Å². The van der Waals surface area contributed by atoms with Gasteiger partial charge in [-0.2, -0.15) is 16.9 Å². The van der Waals surface area contributed by atoms with E-state index in [1.54, 1.807) is 25.1 Å². The average Bonchev–Trinajstić information content (AvgIpc) is 3.52. The first-order valence-electron chi connectivity index (χ1n) is 9.19. The molecule has 0 aliphatic carbocycles. The normalized spacial score (nSPS) is 16.0. The molecule has 0 fully saturated rings. The summed E-state index contributed by atoms with van der Waals surface area (Å²) in [4.78, 5) is 13.0. The summed E-state index contributed by atoms with van der Waals surface area (Å²) < 4.78 is 16.3. The van der Waals surface area contributed by atoms with Crippen LogP contribution in [0.25, 0.3) is 0 Å². The van der Waals surface area contributed by atoms with Gasteiger partial charge in [0.25, 0.3) is 11.1 Å². The van der Waals surface area contributed by atoms with E-state index < -0.39 is 0 Å². The van der Waals surface area contributed by atoms with E-state index in [9.17, 15) is 4.79 Å². The molecule has 4 rings (SSSR count). The molecule has 0 N–H and O–H groups in total. The molecule has 3 heterocycles. The molecule has 0 spiro atoms. The lowest BCUT2D eigenvalue weighted by atomic mass is 10.0. The summed E-state index contributed by atoms with van der Waals surface area (Å²) in [5.74, 6) is 2.63. The lowest BCUT2D eigenvalue weighted by molar-refractivity contribution is -0.130. The van der Waals surface area contributed by atoms with Gasteiger partial charge in [-0.25, -0.2) is 5.01 Å². The molecule has 0 bridgehead atoms. The summed E-state index contributed by atoms with van der Waals surface area (Å²) in [5.41, 5.74) is 1.76. The molecule has 10 heteroatoms. The van der Waals surface area contributed by atoms with E-state index in [1.165, 1.54) is 16.8 Å². The van der Waals surface area contributed by atoms with Gasteiger partial charge in [-0.15, -0.1) is 10.2 Å². The van der Waals surface area contributed by atoms with E-state index in [0.717, 1.165) is 17.0 Å². The monoisotopic (exact) mass is 444 g/mol. The molecule has 1 amide bonds. The summed E-state index contributed by atoms with van der Waals surface area (Å²) in [6.07, 6.45) is 4.12. The van der Waals surface area contributed by atoms with Gasteiger partial charge in [0.15, 0.2) is 0 Å². The molecule has 156 valence electrons. The number of ether oxygens (including phenoxy) is 1. The van der Waals surface area contributed by atoms with Gasteiger partial charge in [0, 0.05) is 6.42 Å². The maximum Gasteiger partial charge on any atom is 0.277 e. The van der Waals surface area contributed by atoms with E-state index in [-0.39, 0.29) is 17.7 Å². The van der Waals surface area contributed by atoms with E-state index in [2.05, 4.69) is 15.3 Å². The molecule has 0 saturated carbocycles. The van der Waals surface area contributed by atoms with Crippen LogP contribution < -0.4 is 4.74 Å².